The molecule has 2 N–H and O–H groups in total. The van der Waals surface area contributed by atoms with E-state index in [1.165, 1.54) is 0 Å². The Morgan fingerprint density at radius 2 is 2.22 bits per heavy atom. The second-order valence-corrected chi connectivity index (χ2v) is 5.44. The Balaban J connectivity index is 2.15. The number of aliphatic carboxylic acids is 1. The lowest BCUT2D eigenvalue weighted by molar-refractivity contribution is -0.147. The molecule has 0 aliphatic heterocycles. The van der Waals surface area contributed by atoms with Crippen LogP contribution in [0.3, 0.4) is 0 Å². The van der Waals surface area contributed by atoms with Gasteiger partial charge < -0.3 is 10.1 Å². The van der Waals surface area contributed by atoms with E-state index in [4.69, 9.17) is 16.7 Å². The molecule has 2 aromatic rings. The molecule has 2 rings (SSSR count). The van der Waals surface area contributed by atoms with Crippen molar-refractivity contribution in [3.05, 3.63) is 29.0 Å². The summed E-state index contributed by atoms with van der Waals surface area (Å²) in [4.78, 5) is 18.4. The van der Waals surface area contributed by atoms with E-state index >= 15 is 0 Å². The number of nitrogens with zero attached hydrogens (tertiary/aromatic N) is 1. The van der Waals surface area contributed by atoms with Crippen molar-refractivity contribution in [3.63, 3.8) is 0 Å². The number of carboxylic acids is 1. The second kappa shape index (κ2) is 4.61. The molecule has 0 spiro atoms. The largest absolute Gasteiger partial charge is 0.481 e. The third-order valence-corrected chi connectivity index (χ3v) is 3.31. The number of hydrogen-bond donors (Lipinski definition) is 2. The molecule has 96 valence electrons. The predicted molar refractivity (Wildman–Crippen MR) is 70.8 cm³/mol. The highest BCUT2D eigenvalue weighted by atomic mass is 35.5. The molecular weight excluding hydrogens is 252 g/mol. The molecule has 0 fully saturated rings. The first-order valence-electron chi connectivity index (χ1n) is 5.76. The first kappa shape index (κ1) is 12.9. The van der Waals surface area contributed by atoms with Gasteiger partial charge in [-0.2, -0.15) is 0 Å². The van der Waals surface area contributed by atoms with Gasteiger partial charge in [0.1, 0.15) is 5.15 Å². The van der Waals surface area contributed by atoms with E-state index in [-0.39, 0.29) is 0 Å². The fourth-order valence-corrected chi connectivity index (χ4v) is 1.88. The first-order valence-corrected chi connectivity index (χ1v) is 6.14. The van der Waals surface area contributed by atoms with Gasteiger partial charge >= 0.3 is 5.97 Å². The molecule has 0 amide bonds. The Hall–Kier alpha value is -1.55. The van der Waals surface area contributed by atoms with E-state index in [9.17, 15) is 4.79 Å². The van der Waals surface area contributed by atoms with E-state index in [1.807, 2.05) is 12.1 Å². The number of H-pyrrole nitrogens is 1. The third-order valence-electron chi connectivity index (χ3n) is 3.10. The van der Waals surface area contributed by atoms with E-state index in [0.29, 0.717) is 18.0 Å². The van der Waals surface area contributed by atoms with Gasteiger partial charge in [0.25, 0.3) is 0 Å². The lowest BCUT2D eigenvalue weighted by Crippen LogP contribution is -2.24. The topological polar surface area (TPSA) is 66.0 Å². The van der Waals surface area contributed by atoms with Crippen molar-refractivity contribution in [1.82, 2.24) is 9.97 Å². The summed E-state index contributed by atoms with van der Waals surface area (Å²) in [6, 6.07) is 5.51. The lowest BCUT2D eigenvalue weighted by Gasteiger charge is -2.17. The van der Waals surface area contributed by atoms with Crippen LogP contribution in [0.5, 0.6) is 0 Å². The first-order chi connectivity index (χ1) is 8.38. The highest BCUT2D eigenvalue weighted by Crippen LogP contribution is 2.24. The Morgan fingerprint density at radius 3 is 2.89 bits per heavy atom. The summed E-state index contributed by atoms with van der Waals surface area (Å²) < 4.78 is 0. The summed E-state index contributed by atoms with van der Waals surface area (Å²) in [6.45, 7) is 3.46. The molecule has 0 aliphatic carbocycles. The minimum Gasteiger partial charge on any atom is -0.481 e. The van der Waals surface area contributed by atoms with E-state index < -0.39 is 11.4 Å². The van der Waals surface area contributed by atoms with Crippen molar-refractivity contribution >= 4 is 28.6 Å². The van der Waals surface area contributed by atoms with Crippen LogP contribution >= 0.6 is 11.6 Å². The maximum atomic E-state index is 11.0. The zero-order chi connectivity index (χ0) is 13.3. The van der Waals surface area contributed by atoms with E-state index in [1.54, 1.807) is 19.9 Å². The maximum Gasteiger partial charge on any atom is 0.309 e. The summed E-state index contributed by atoms with van der Waals surface area (Å²) in [5, 5.41) is 9.51. The van der Waals surface area contributed by atoms with Crippen LogP contribution in [-0.4, -0.2) is 21.0 Å². The molecule has 0 bridgehead atoms. The molecule has 5 heteroatoms. The number of aromatic nitrogens is 2. The summed E-state index contributed by atoms with van der Waals surface area (Å²) in [5.41, 5.74) is 1.99. The number of fused-ring (bicyclic) bond motifs is 1. The number of hydrogen-bond acceptors (Lipinski definition) is 2. The highest BCUT2D eigenvalue weighted by molar-refractivity contribution is 6.29. The zero-order valence-corrected chi connectivity index (χ0v) is 11.1. The van der Waals surface area contributed by atoms with Crippen molar-refractivity contribution < 1.29 is 9.90 Å². The van der Waals surface area contributed by atoms with Gasteiger partial charge in [-0.3, -0.25) is 4.79 Å². The quantitative estimate of drug-likeness (QED) is 0.835. The fourth-order valence-electron chi connectivity index (χ4n) is 1.73. The van der Waals surface area contributed by atoms with Gasteiger partial charge in [0.15, 0.2) is 0 Å². The molecular formula is C13H15ClN2O2. The summed E-state index contributed by atoms with van der Waals surface area (Å²) in [7, 11) is 0. The van der Waals surface area contributed by atoms with Crippen LogP contribution in [-0.2, 0) is 11.2 Å². The molecule has 18 heavy (non-hydrogen) atoms. The van der Waals surface area contributed by atoms with Gasteiger partial charge in [-0.25, -0.2) is 4.98 Å². The number of pyridine rings is 1. The number of carboxylic acid groups (broad SMARTS) is 1. The van der Waals surface area contributed by atoms with E-state index in [0.717, 1.165) is 16.7 Å². The van der Waals surface area contributed by atoms with Crippen LogP contribution in [0, 0.1) is 5.41 Å². The van der Waals surface area contributed by atoms with Crippen LogP contribution in [0.25, 0.3) is 11.0 Å². The number of halogens is 1. The SMILES string of the molecule is CC(C)(CCc1cc2nc(Cl)ccc2[nH]1)C(=O)O. The monoisotopic (exact) mass is 266 g/mol. The van der Waals surface area contributed by atoms with Gasteiger partial charge in [-0.1, -0.05) is 11.6 Å². The third kappa shape index (κ3) is 2.64. The van der Waals surface area contributed by atoms with Gasteiger partial charge in [0, 0.05) is 5.69 Å². The molecule has 0 saturated heterocycles. The van der Waals surface area contributed by atoms with Crippen LogP contribution in [0.1, 0.15) is 26.0 Å². The standard InChI is InChI=1S/C13H15ClN2O2/c1-13(2,12(17)18)6-5-8-7-10-9(15-8)3-4-11(14)16-10/h3-4,7,15H,5-6H2,1-2H3,(H,17,18). The number of rotatable bonds is 4. The van der Waals surface area contributed by atoms with Crippen molar-refractivity contribution in [2.45, 2.75) is 26.7 Å². The number of aromatic amines is 1. The average molecular weight is 267 g/mol. The van der Waals surface area contributed by atoms with Crippen molar-refractivity contribution in [1.29, 1.82) is 0 Å². The Labute approximate surface area is 110 Å². The number of nitrogens with one attached hydrogen (secondary N) is 1. The van der Waals surface area contributed by atoms with Gasteiger partial charge in [-0.15, -0.1) is 0 Å². The van der Waals surface area contributed by atoms with Crippen LogP contribution in [0.2, 0.25) is 5.15 Å². The second-order valence-electron chi connectivity index (χ2n) is 5.05. The molecule has 0 aliphatic rings. The molecule has 0 atom stereocenters. The highest BCUT2D eigenvalue weighted by Gasteiger charge is 2.26. The van der Waals surface area contributed by atoms with Crippen molar-refractivity contribution in [2.75, 3.05) is 0 Å². The smallest absolute Gasteiger partial charge is 0.309 e. The van der Waals surface area contributed by atoms with Crippen LogP contribution in [0.15, 0.2) is 18.2 Å². The number of carbonyl (C=O) groups is 1. The molecule has 0 aromatic carbocycles. The molecule has 0 radical (unpaired) electrons. The molecule has 0 saturated carbocycles. The fraction of sp³-hybridized carbons (Fsp3) is 0.385. The van der Waals surface area contributed by atoms with Crippen LogP contribution in [0.4, 0.5) is 0 Å². The normalized spacial score (nSPS) is 11.9. The van der Waals surface area contributed by atoms with Crippen molar-refractivity contribution in [2.24, 2.45) is 5.41 Å². The van der Waals surface area contributed by atoms with Gasteiger partial charge in [0.2, 0.25) is 0 Å². The molecule has 2 heterocycles. The van der Waals surface area contributed by atoms with Gasteiger partial charge in [-0.05, 0) is 44.9 Å². The maximum absolute atomic E-state index is 11.0. The van der Waals surface area contributed by atoms with Crippen molar-refractivity contribution in [3.8, 4) is 0 Å². The van der Waals surface area contributed by atoms with Gasteiger partial charge in [0.05, 0.1) is 16.4 Å². The zero-order valence-electron chi connectivity index (χ0n) is 10.3. The summed E-state index contributed by atoms with van der Waals surface area (Å²) >= 11 is 5.82. The summed E-state index contributed by atoms with van der Waals surface area (Å²) in [6.07, 6.45) is 1.25. The molecule has 4 nitrogen and oxygen atoms in total. The molecule has 2 aromatic heterocycles. The van der Waals surface area contributed by atoms with E-state index in [2.05, 4.69) is 9.97 Å². The molecule has 0 unspecified atom stereocenters. The predicted octanol–water partition coefficient (Wildman–Crippen LogP) is 3.26. The Morgan fingerprint density at radius 1 is 1.50 bits per heavy atom. The minimum absolute atomic E-state index is 0.457. The summed E-state index contributed by atoms with van der Waals surface area (Å²) in [5.74, 6) is -0.778. The Kier molecular flexibility index (Phi) is 3.30. The minimum atomic E-state index is -0.778. The lowest BCUT2D eigenvalue weighted by atomic mass is 9.87. The van der Waals surface area contributed by atoms with Crippen LogP contribution < -0.4 is 0 Å². The Bertz CT molecular complexity index is 590. The average Bonchev–Trinajstić information content (AvgIpc) is 2.68. The number of aryl methyl sites for hydroxylation is 1.